The first-order valence-electron chi connectivity index (χ1n) is 10.3. The third kappa shape index (κ3) is 3.49. The molecular weight excluding hydrogens is 436 g/mol. The number of sulfonamides is 1. The molecule has 0 spiro atoms. The van der Waals surface area contributed by atoms with Crippen molar-refractivity contribution in [3.63, 3.8) is 0 Å². The summed E-state index contributed by atoms with van der Waals surface area (Å²) in [6, 6.07) is 8.74. The van der Waals surface area contributed by atoms with Crippen LogP contribution in [-0.4, -0.2) is 45.1 Å². The number of H-pyrrole nitrogens is 1. The van der Waals surface area contributed by atoms with Crippen molar-refractivity contribution in [2.24, 2.45) is 5.92 Å². The van der Waals surface area contributed by atoms with Gasteiger partial charge in [0.1, 0.15) is 4.90 Å². The van der Waals surface area contributed by atoms with Crippen LogP contribution in [0.15, 0.2) is 59.9 Å². The van der Waals surface area contributed by atoms with Crippen molar-refractivity contribution in [2.45, 2.75) is 30.8 Å². The molecule has 4 heterocycles. The zero-order valence-corrected chi connectivity index (χ0v) is 18.1. The molecule has 1 aliphatic heterocycles. The molecule has 1 aliphatic rings. The predicted octanol–water partition coefficient (Wildman–Crippen LogP) is 3.80. The average Bonchev–Trinajstić information content (AvgIpc) is 3.50. The highest BCUT2D eigenvalue weighted by Gasteiger charge is 2.39. The van der Waals surface area contributed by atoms with Crippen LogP contribution in [0.4, 0.5) is 8.78 Å². The number of fused-ring (bicyclic) bond motifs is 1. The number of aromatic nitrogens is 4. The van der Waals surface area contributed by atoms with Gasteiger partial charge in [-0.2, -0.15) is 9.40 Å². The number of halogens is 2. The maximum atomic E-state index is 14.2. The van der Waals surface area contributed by atoms with Crippen molar-refractivity contribution in [1.82, 2.24) is 24.1 Å². The highest BCUT2D eigenvalue weighted by atomic mass is 32.2. The number of pyridine rings is 1. The van der Waals surface area contributed by atoms with E-state index in [4.69, 9.17) is 0 Å². The molecule has 0 bridgehead atoms. The lowest BCUT2D eigenvalue weighted by Crippen LogP contribution is -2.34. The van der Waals surface area contributed by atoms with Crippen molar-refractivity contribution in [1.29, 1.82) is 0 Å². The van der Waals surface area contributed by atoms with Crippen LogP contribution in [0.25, 0.3) is 22.3 Å². The lowest BCUT2D eigenvalue weighted by molar-refractivity contribution is 0.393. The monoisotopic (exact) mass is 457 g/mol. The Morgan fingerprint density at radius 3 is 2.81 bits per heavy atom. The molecule has 0 unspecified atom stereocenters. The van der Waals surface area contributed by atoms with Gasteiger partial charge in [0.25, 0.3) is 0 Å². The molecule has 166 valence electrons. The Balaban J connectivity index is 1.37. The van der Waals surface area contributed by atoms with Crippen LogP contribution < -0.4 is 0 Å². The van der Waals surface area contributed by atoms with Gasteiger partial charge < -0.3 is 4.57 Å². The topological polar surface area (TPSA) is 83.9 Å². The number of nitrogens with zero attached hydrogens (tertiary/aromatic N) is 4. The number of hydrogen-bond donors (Lipinski definition) is 1. The highest BCUT2D eigenvalue weighted by molar-refractivity contribution is 7.89. The van der Waals surface area contributed by atoms with E-state index in [0.29, 0.717) is 13.0 Å². The van der Waals surface area contributed by atoms with Crippen molar-refractivity contribution < 1.29 is 17.2 Å². The first-order valence-corrected chi connectivity index (χ1v) is 11.7. The Labute approximate surface area is 183 Å². The number of nitrogens with one attached hydrogen (secondary N) is 1. The van der Waals surface area contributed by atoms with E-state index in [-0.39, 0.29) is 18.5 Å². The van der Waals surface area contributed by atoms with E-state index in [0.717, 1.165) is 34.4 Å². The lowest BCUT2D eigenvalue weighted by atomic mass is 10.1. The van der Waals surface area contributed by atoms with Crippen LogP contribution in [0, 0.1) is 17.6 Å². The maximum Gasteiger partial charge on any atom is 0.246 e. The fraction of sp³-hybridized carbons (Fsp3) is 0.273. The van der Waals surface area contributed by atoms with Gasteiger partial charge in [0, 0.05) is 37.1 Å². The van der Waals surface area contributed by atoms with E-state index >= 15 is 0 Å². The SMILES string of the molecule is C[C@H]1C[C@H](Cn2ccc3nc(-c4cn[nH]c4)ccc32)CN1S(=O)(=O)c1cccc(F)c1F. The van der Waals surface area contributed by atoms with Crippen molar-refractivity contribution in [3.8, 4) is 11.3 Å². The number of hydrogen-bond acceptors (Lipinski definition) is 4. The molecule has 4 aromatic rings. The summed E-state index contributed by atoms with van der Waals surface area (Å²) in [6.45, 7) is 2.62. The molecule has 0 aliphatic carbocycles. The first kappa shape index (κ1) is 20.8. The number of benzene rings is 1. The van der Waals surface area contributed by atoms with Crippen LogP contribution in [0.5, 0.6) is 0 Å². The Kier molecular flexibility index (Phi) is 5.06. The van der Waals surface area contributed by atoms with E-state index in [2.05, 4.69) is 19.7 Å². The third-order valence-electron chi connectivity index (χ3n) is 5.98. The molecule has 10 heteroatoms. The molecule has 0 amide bonds. The molecule has 5 rings (SSSR count). The van der Waals surface area contributed by atoms with Gasteiger partial charge in [0.15, 0.2) is 11.6 Å². The molecule has 1 saturated heterocycles. The Hall–Kier alpha value is -3.11. The molecule has 0 saturated carbocycles. The Morgan fingerprint density at radius 2 is 2.03 bits per heavy atom. The summed E-state index contributed by atoms with van der Waals surface area (Å²) in [5.41, 5.74) is 3.49. The molecule has 32 heavy (non-hydrogen) atoms. The van der Waals surface area contributed by atoms with Crippen LogP contribution in [-0.2, 0) is 16.6 Å². The van der Waals surface area contributed by atoms with E-state index in [9.17, 15) is 17.2 Å². The molecule has 7 nitrogen and oxygen atoms in total. The fourth-order valence-electron chi connectivity index (χ4n) is 4.45. The first-order chi connectivity index (χ1) is 15.3. The zero-order valence-electron chi connectivity index (χ0n) is 17.2. The number of rotatable bonds is 5. The van der Waals surface area contributed by atoms with Gasteiger partial charge in [-0.1, -0.05) is 6.07 Å². The van der Waals surface area contributed by atoms with E-state index in [1.165, 1.54) is 10.4 Å². The van der Waals surface area contributed by atoms with Gasteiger partial charge in [0.2, 0.25) is 10.0 Å². The van der Waals surface area contributed by atoms with E-state index in [1.54, 1.807) is 19.3 Å². The summed E-state index contributed by atoms with van der Waals surface area (Å²) >= 11 is 0. The molecule has 1 aromatic carbocycles. The average molecular weight is 458 g/mol. The second kappa shape index (κ2) is 7.79. The summed E-state index contributed by atoms with van der Waals surface area (Å²) in [4.78, 5) is 4.06. The smallest absolute Gasteiger partial charge is 0.246 e. The van der Waals surface area contributed by atoms with Gasteiger partial charge in [-0.3, -0.25) is 5.10 Å². The second-order valence-corrected chi connectivity index (χ2v) is 9.99. The minimum Gasteiger partial charge on any atom is -0.346 e. The third-order valence-corrected chi connectivity index (χ3v) is 7.98. The van der Waals surface area contributed by atoms with Crippen molar-refractivity contribution in [3.05, 3.63) is 66.6 Å². The molecule has 3 aromatic heterocycles. The minimum atomic E-state index is -4.14. The summed E-state index contributed by atoms with van der Waals surface area (Å²) in [5, 5.41) is 6.73. The quantitative estimate of drug-likeness (QED) is 0.494. The zero-order chi connectivity index (χ0) is 22.5. The van der Waals surface area contributed by atoms with Crippen LogP contribution in [0.3, 0.4) is 0 Å². The Morgan fingerprint density at radius 1 is 1.19 bits per heavy atom. The highest BCUT2D eigenvalue weighted by Crippen LogP contribution is 2.32. The molecule has 2 atom stereocenters. The van der Waals surface area contributed by atoms with Crippen LogP contribution in [0.1, 0.15) is 13.3 Å². The predicted molar refractivity (Wildman–Crippen MR) is 115 cm³/mol. The summed E-state index contributed by atoms with van der Waals surface area (Å²) in [6.07, 6.45) is 6.05. The van der Waals surface area contributed by atoms with Gasteiger partial charge in [0.05, 0.1) is 22.9 Å². The van der Waals surface area contributed by atoms with Crippen LogP contribution in [0.2, 0.25) is 0 Å². The molecule has 1 N–H and O–H groups in total. The normalized spacial score (nSPS) is 19.7. The van der Waals surface area contributed by atoms with Gasteiger partial charge in [-0.25, -0.2) is 22.2 Å². The lowest BCUT2D eigenvalue weighted by Gasteiger charge is -2.21. The maximum absolute atomic E-state index is 14.2. The molecule has 0 radical (unpaired) electrons. The van der Waals surface area contributed by atoms with E-state index in [1.807, 2.05) is 24.4 Å². The molecule has 1 fully saturated rings. The van der Waals surface area contributed by atoms with Crippen LogP contribution >= 0.6 is 0 Å². The van der Waals surface area contributed by atoms with E-state index < -0.39 is 26.6 Å². The largest absolute Gasteiger partial charge is 0.346 e. The van der Waals surface area contributed by atoms with Crippen molar-refractivity contribution >= 4 is 21.1 Å². The van der Waals surface area contributed by atoms with Crippen molar-refractivity contribution in [2.75, 3.05) is 6.54 Å². The summed E-state index contributed by atoms with van der Waals surface area (Å²) < 4.78 is 57.2. The standard InChI is InChI=1S/C22H21F2N5O2S/c1-14-9-15(13-29(14)32(30,31)21-4-2-3-17(23)22(21)24)12-28-8-7-19-20(28)6-5-18(27-19)16-10-25-26-11-16/h2-8,10-11,14-15H,9,12-13H2,1H3,(H,25,26)/t14-,15+/m0/s1. The molecular formula is C22H21F2N5O2S. The fourth-order valence-corrected chi connectivity index (χ4v) is 6.24. The summed E-state index contributed by atoms with van der Waals surface area (Å²) in [7, 11) is -4.14. The summed E-state index contributed by atoms with van der Waals surface area (Å²) in [5.74, 6) is -2.48. The minimum absolute atomic E-state index is 0.0283. The van der Waals surface area contributed by atoms with Gasteiger partial charge in [-0.15, -0.1) is 0 Å². The van der Waals surface area contributed by atoms with Gasteiger partial charge >= 0.3 is 0 Å². The van der Waals surface area contributed by atoms with Gasteiger partial charge in [-0.05, 0) is 49.6 Å². The number of aromatic amines is 1. The Bertz CT molecular complexity index is 1380. The second-order valence-electron chi connectivity index (χ2n) is 8.13.